The van der Waals surface area contributed by atoms with Crippen LogP contribution in [-0.4, -0.2) is 34.2 Å². The molecule has 7 nitrogen and oxygen atoms in total. The van der Waals surface area contributed by atoms with Crippen LogP contribution in [0.15, 0.2) is 30.3 Å². The summed E-state index contributed by atoms with van der Waals surface area (Å²) in [7, 11) is 0. The summed E-state index contributed by atoms with van der Waals surface area (Å²) in [5.74, 6) is -0.320. The topological polar surface area (TPSA) is 96.0 Å². The Kier molecular flexibility index (Phi) is 6.17. The van der Waals surface area contributed by atoms with Crippen LogP contribution in [0.3, 0.4) is 0 Å². The second-order valence-electron chi connectivity index (χ2n) is 6.44. The van der Waals surface area contributed by atoms with Crippen molar-refractivity contribution in [1.82, 2.24) is 20.8 Å². The molecule has 2 aromatic rings. The average Bonchev–Trinajstić information content (AvgIpc) is 3.11. The Morgan fingerprint density at radius 2 is 1.85 bits per heavy atom. The van der Waals surface area contributed by atoms with Crippen LogP contribution in [0.4, 0.5) is 9.93 Å². The number of nitrogens with zero attached hydrogens (tertiary/aromatic N) is 2. The number of carbonyl (C=O) groups excluding carboxylic acids is 2. The lowest BCUT2D eigenvalue weighted by Crippen LogP contribution is -2.49. The Bertz CT molecular complexity index is 743. The van der Waals surface area contributed by atoms with Gasteiger partial charge in [0.15, 0.2) is 0 Å². The van der Waals surface area contributed by atoms with E-state index in [4.69, 9.17) is 0 Å². The number of anilines is 1. The van der Waals surface area contributed by atoms with Gasteiger partial charge in [-0.05, 0) is 19.8 Å². The van der Waals surface area contributed by atoms with Gasteiger partial charge < -0.3 is 10.6 Å². The molecule has 3 rings (SSSR count). The number of carbonyl (C=O) groups is 2. The molecule has 0 spiro atoms. The summed E-state index contributed by atoms with van der Waals surface area (Å²) in [5, 5.41) is 17.6. The molecule has 0 bridgehead atoms. The molecule has 1 unspecified atom stereocenters. The molecule has 1 aliphatic carbocycles. The zero-order valence-electron chi connectivity index (χ0n) is 14.7. The Balaban J connectivity index is 1.49. The van der Waals surface area contributed by atoms with Crippen molar-refractivity contribution in [2.24, 2.45) is 0 Å². The number of rotatable bonds is 5. The van der Waals surface area contributed by atoms with E-state index < -0.39 is 6.04 Å². The largest absolute Gasteiger partial charge is 0.335 e. The molecule has 1 fully saturated rings. The van der Waals surface area contributed by atoms with Crippen molar-refractivity contribution in [3.63, 3.8) is 0 Å². The number of nitrogens with one attached hydrogen (secondary N) is 3. The highest BCUT2D eigenvalue weighted by Crippen LogP contribution is 2.25. The van der Waals surface area contributed by atoms with Crippen LogP contribution in [0.25, 0.3) is 10.6 Å². The first-order valence-corrected chi connectivity index (χ1v) is 9.70. The van der Waals surface area contributed by atoms with Gasteiger partial charge in [0, 0.05) is 11.6 Å². The lowest BCUT2D eigenvalue weighted by atomic mass is 9.96. The van der Waals surface area contributed by atoms with E-state index in [9.17, 15) is 9.59 Å². The fraction of sp³-hybridized carbons (Fsp3) is 0.444. The molecule has 3 N–H and O–H groups in total. The number of hydrogen-bond acceptors (Lipinski definition) is 5. The summed E-state index contributed by atoms with van der Waals surface area (Å²) >= 11 is 1.30. The van der Waals surface area contributed by atoms with E-state index in [0.29, 0.717) is 5.13 Å². The minimum atomic E-state index is -0.664. The SMILES string of the molecule is CC(NC(=O)NC1CCCCC1)C(=O)Nc1nnc(-c2ccccc2)s1. The lowest BCUT2D eigenvalue weighted by molar-refractivity contribution is -0.117. The monoisotopic (exact) mass is 373 g/mol. The molecule has 1 saturated carbocycles. The molecule has 1 aliphatic rings. The average molecular weight is 373 g/mol. The molecule has 0 radical (unpaired) electrons. The van der Waals surface area contributed by atoms with Crippen LogP contribution in [0.1, 0.15) is 39.0 Å². The van der Waals surface area contributed by atoms with E-state index in [1.54, 1.807) is 6.92 Å². The fourth-order valence-corrected chi connectivity index (χ4v) is 3.67. The number of aromatic nitrogens is 2. The van der Waals surface area contributed by atoms with Gasteiger partial charge in [-0.1, -0.05) is 60.9 Å². The normalized spacial score (nSPS) is 15.9. The van der Waals surface area contributed by atoms with Crippen molar-refractivity contribution in [1.29, 1.82) is 0 Å². The molecule has 0 saturated heterocycles. The van der Waals surface area contributed by atoms with Gasteiger partial charge in [0.25, 0.3) is 0 Å². The quantitative estimate of drug-likeness (QED) is 0.750. The summed E-state index contributed by atoms with van der Waals surface area (Å²) in [6, 6.07) is 8.88. The molecule has 1 heterocycles. The first kappa shape index (κ1) is 18.3. The highest BCUT2D eigenvalue weighted by molar-refractivity contribution is 7.18. The number of amides is 3. The second kappa shape index (κ2) is 8.75. The zero-order chi connectivity index (χ0) is 18.4. The third-order valence-corrected chi connectivity index (χ3v) is 5.24. The number of benzene rings is 1. The van der Waals surface area contributed by atoms with Gasteiger partial charge in [-0.2, -0.15) is 0 Å². The minimum absolute atomic E-state index is 0.204. The van der Waals surface area contributed by atoms with E-state index >= 15 is 0 Å². The number of hydrogen-bond donors (Lipinski definition) is 3. The van der Waals surface area contributed by atoms with Crippen molar-refractivity contribution in [3.05, 3.63) is 30.3 Å². The predicted octanol–water partition coefficient (Wildman–Crippen LogP) is 3.16. The summed E-state index contributed by atoms with van der Waals surface area (Å²) in [6.07, 6.45) is 5.51. The number of urea groups is 1. The molecule has 26 heavy (non-hydrogen) atoms. The summed E-state index contributed by atoms with van der Waals surface area (Å²) in [6.45, 7) is 1.65. The van der Waals surface area contributed by atoms with Crippen LogP contribution in [0, 0.1) is 0 Å². The Morgan fingerprint density at radius 3 is 2.58 bits per heavy atom. The van der Waals surface area contributed by atoms with E-state index in [1.165, 1.54) is 17.8 Å². The summed E-state index contributed by atoms with van der Waals surface area (Å²) < 4.78 is 0. The fourth-order valence-electron chi connectivity index (χ4n) is 2.92. The molecular formula is C18H23N5O2S. The van der Waals surface area contributed by atoms with Gasteiger partial charge in [0.1, 0.15) is 11.0 Å². The molecule has 3 amide bonds. The Labute approximate surface area is 156 Å². The molecule has 1 aromatic heterocycles. The van der Waals surface area contributed by atoms with Gasteiger partial charge in [0.2, 0.25) is 11.0 Å². The van der Waals surface area contributed by atoms with Gasteiger partial charge in [0.05, 0.1) is 0 Å². The Morgan fingerprint density at radius 1 is 1.12 bits per heavy atom. The third kappa shape index (κ3) is 5.01. The second-order valence-corrected chi connectivity index (χ2v) is 7.42. The van der Waals surface area contributed by atoms with E-state index in [0.717, 1.165) is 36.3 Å². The van der Waals surface area contributed by atoms with Gasteiger partial charge in [-0.25, -0.2) is 4.79 Å². The smallest absolute Gasteiger partial charge is 0.315 e. The highest BCUT2D eigenvalue weighted by Gasteiger charge is 2.20. The Hall–Kier alpha value is -2.48. The summed E-state index contributed by atoms with van der Waals surface area (Å²) in [5.41, 5.74) is 0.948. The van der Waals surface area contributed by atoms with Crippen molar-refractivity contribution < 1.29 is 9.59 Å². The highest BCUT2D eigenvalue weighted by atomic mass is 32.1. The summed E-state index contributed by atoms with van der Waals surface area (Å²) in [4.78, 5) is 24.3. The van der Waals surface area contributed by atoms with Crippen LogP contribution in [0.2, 0.25) is 0 Å². The van der Waals surface area contributed by atoms with Crippen molar-refractivity contribution >= 4 is 28.4 Å². The molecule has 0 aliphatic heterocycles. The molecule has 8 heteroatoms. The first-order chi connectivity index (χ1) is 12.6. The van der Waals surface area contributed by atoms with E-state index in [2.05, 4.69) is 26.1 Å². The maximum absolute atomic E-state index is 12.3. The molecule has 138 valence electrons. The lowest BCUT2D eigenvalue weighted by Gasteiger charge is -2.23. The maximum Gasteiger partial charge on any atom is 0.315 e. The third-order valence-electron chi connectivity index (χ3n) is 4.36. The van der Waals surface area contributed by atoms with Crippen LogP contribution >= 0.6 is 11.3 Å². The van der Waals surface area contributed by atoms with Crippen molar-refractivity contribution in [2.45, 2.75) is 51.1 Å². The standard InChI is InChI=1S/C18H23N5O2S/c1-12(19-17(25)20-14-10-6-3-7-11-14)15(24)21-18-23-22-16(26-18)13-8-4-2-5-9-13/h2,4-5,8-9,12,14H,3,6-7,10-11H2,1H3,(H2,19,20,25)(H,21,23,24). The zero-order valence-corrected chi connectivity index (χ0v) is 15.5. The van der Waals surface area contributed by atoms with E-state index in [-0.39, 0.29) is 18.0 Å². The van der Waals surface area contributed by atoms with Crippen LogP contribution in [-0.2, 0) is 4.79 Å². The van der Waals surface area contributed by atoms with Gasteiger partial charge in [-0.15, -0.1) is 10.2 Å². The van der Waals surface area contributed by atoms with Crippen LogP contribution < -0.4 is 16.0 Å². The van der Waals surface area contributed by atoms with E-state index in [1.807, 2.05) is 30.3 Å². The molecular weight excluding hydrogens is 350 g/mol. The van der Waals surface area contributed by atoms with Crippen molar-refractivity contribution in [3.8, 4) is 10.6 Å². The molecule has 1 aromatic carbocycles. The minimum Gasteiger partial charge on any atom is -0.335 e. The first-order valence-electron chi connectivity index (χ1n) is 8.88. The van der Waals surface area contributed by atoms with Crippen LogP contribution in [0.5, 0.6) is 0 Å². The van der Waals surface area contributed by atoms with Crippen molar-refractivity contribution in [2.75, 3.05) is 5.32 Å². The maximum atomic E-state index is 12.3. The molecule has 1 atom stereocenters. The van der Waals surface area contributed by atoms with Gasteiger partial charge in [-0.3, -0.25) is 10.1 Å². The van der Waals surface area contributed by atoms with Gasteiger partial charge >= 0.3 is 6.03 Å². The predicted molar refractivity (Wildman–Crippen MR) is 102 cm³/mol.